The zero-order valence-corrected chi connectivity index (χ0v) is 7.95. The van der Waals surface area contributed by atoms with Crippen LogP contribution < -0.4 is 5.32 Å². The first kappa shape index (κ1) is 11.5. The molecule has 0 radical (unpaired) electrons. The standard InChI is InChI=1S/C8H9NO2.C2H6/c10-8(11)6-9-7-4-2-1-3-5-7;1-2/h1-5,9H,6H2,(H,10,11);1-2H3. The topological polar surface area (TPSA) is 49.3 Å². The molecule has 0 aliphatic heterocycles. The minimum Gasteiger partial charge on any atom is -0.480 e. The van der Waals surface area contributed by atoms with Gasteiger partial charge in [-0.3, -0.25) is 4.79 Å². The Kier molecular flexibility index (Phi) is 6.32. The van der Waals surface area contributed by atoms with Gasteiger partial charge in [0.25, 0.3) is 0 Å². The molecule has 0 spiro atoms. The third-order valence-corrected chi connectivity index (χ3v) is 1.22. The minimum atomic E-state index is -0.853. The van der Waals surface area contributed by atoms with Gasteiger partial charge >= 0.3 is 5.97 Å². The average Bonchev–Trinajstić information content (AvgIpc) is 2.19. The quantitative estimate of drug-likeness (QED) is 0.751. The molecule has 0 unspecified atom stereocenters. The van der Waals surface area contributed by atoms with E-state index in [4.69, 9.17) is 5.11 Å². The van der Waals surface area contributed by atoms with E-state index in [1.165, 1.54) is 0 Å². The van der Waals surface area contributed by atoms with Crippen molar-refractivity contribution in [3.05, 3.63) is 30.3 Å². The van der Waals surface area contributed by atoms with Crippen molar-refractivity contribution in [2.75, 3.05) is 11.9 Å². The highest BCUT2D eigenvalue weighted by atomic mass is 16.4. The molecule has 3 heteroatoms. The summed E-state index contributed by atoms with van der Waals surface area (Å²) in [4.78, 5) is 10.1. The Balaban J connectivity index is 0.000000671. The molecule has 1 aromatic rings. The minimum absolute atomic E-state index is 0.0377. The molecule has 2 N–H and O–H groups in total. The second-order valence-electron chi connectivity index (χ2n) is 2.11. The predicted molar refractivity (Wildman–Crippen MR) is 53.9 cm³/mol. The van der Waals surface area contributed by atoms with Gasteiger partial charge in [0.05, 0.1) is 0 Å². The third kappa shape index (κ3) is 5.73. The van der Waals surface area contributed by atoms with E-state index in [0.29, 0.717) is 0 Å². The van der Waals surface area contributed by atoms with Crippen LogP contribution in [0.4, 0.5) is 5.69 Å². The summed E-state index contributed by atoms with van der Waals surface area (Å²) in [5, 5.41) is 11.1. The number of carboxylic acid groups (broad SMARTS) is 1. The largest absolute Gasteiger partial charge is 0.480 e. The first-order valence-corrected chi connectivity index (χ1v) is 4.30. The van der Waals surface area contributed by atoms with Crippen molar-refractivity contribution in [1.82, 2.24) is 0 Å². The van der Waals surface area contributed by atoms with Crippen LogP contribution in [0.2, 0.25) is 0 Å². The molecule has 0 aliphatic rings. The van der Waals surface area contributed by atoms with E-state index < -0.39 is 5.97 Å². The highest BCUT2D eigenvalue weighted by Gasteiger charge is 1.93. The Morgan fingerprint density at radius 3 is 2.31 bits per heavy atom. The maximum atomic E-state index is 10.1. The van der Waals surface area contributed by atoms with Crippen LogP contribution in [0.25, 0.3) is 0 Å². The van der Waals surface area contributed by atoms with Gasteiger partial charge in [0.1, 0.15) is 6.54 Å². The average molecular weight is 181 g/mol. The van der Waals surface area contributed by atoms with Gasteiger partial charge in [-0.25, -0.2) is 0 Å². The maximum Gasteiger partial charge on any atom is 0.322 e. The number of carboxylic acids is 1. The van der Waals surface area contributed by atoms with Crippen LogP contribution in [0.3, 0.4) is 0 Å². The SMILES string of the molecule is CC.O=C(O)CNc1ccccc1. The highest BCUT2D eigenvalue weighted by molar-refractivity contribution is 5.72. The van der Waals surface area contributed by atoms with Crippen molar-refractivity contribution in [2.45, 2.75) is 13.8 Å². The zero-order valence-electron chi connectivity index (χ0n) is 7.95. The molecule has 0 fully saturated rings. The monoisotopic (exact) mass is 181 g/mol. The van der Waals surface area contributed by atoms with Crippen molar-refractivity contribution in [3.63, 3.8) is 0 Å². The molecule has 72 valence electrons. The summed E-state index contributed by atoms with van der Waals surface area (Å²) < 4.78 is 0. The fourth-order valence-electron chi connectivity index (χ4n) is 0.734. The van der Waals surface area contributed by atoms with Gasteiger partial charge in [-0.05, 0) is 12.1 Å². The molecular formula is C10H15NO2. The van der Waals surface area contributed by atoms with Crippen LogP contribution >= 0.6 is 0 Å². The van der Waals surface area contributed by atoms with E-state index in [1.54, 1.807) is 0 Å². The van der Waals surface area contributed by atoms with Gasteiger partial charge in [0, 0.05) is 5.69 Å². The highest BCUT2D eigenvalue weighted by Crippen LogP contribution is 2.03. The molecule has 1 rings (SSSR count). The molecule has 0 amide bonds. The fourth-order valence-corrected chi connectivity index (χ4v) is 0.734. The van der Waals surface area contributed by atoms with E-state index in [-0.39, 0.29) is 6.54 Å². The second kappa shape index (κ2) is 7.16. The van der Waals surface area contributed by atoms with Gasteiger partial charge < -0.3 is 10.4 Å². The predicted octanol–water partition coefficient (Wildman–Crippen LogP) is 2.21. The van der Waals surface area contributed by atoms with E-state index in [2.05, 4.69) is 5.32 Å². The molecule has 0 aliphatic carbocycles. The second-order valence-corrected chi connectivity index (χ2v) is 2.11. The summed E-state index contributed by atoms with van der Waals surface area (Å²) in [5.41, 5.74) is 0.829. The molecule has 1 aromatic carbocycles. The first-order valence-electron chi connectivity index (χ1n) is 4.30. The van der Waals surface area contributed by atoms with Crippen molar-refractivity contribution < 1.29 is 9.90 Å². The molecule has 0 heterocycles. The van der Waals surface area contributed by atoms with Gasteiger partial charge in [0.15, 0.2) is 0 Å². The molecule has 3 nitrogen and oxygen atoms in total. The first-order chi connectivity index (χ1) is 6.29. The lowest BCUT2D eigenvalue weighted by molar-refractivity contribution is -0.134. The van der Waals surface area contributed by atoms with Crippen LogP contribution in [-0.2, 0) is 4.79 Å². The van der Waals surface area contributed by atoms with Crippen molar-refractivity contribution in [2.24, 2.45) is 0 Å². The Bertz CT molecular complexity index is 234. The number of para-hydroxylation sites is 1. The lowest BCUT2D eigenvalue weighted by Gasteiger charge is -2.00. The van der Waals surface area contributed by atoms with Gasteiger partial charge in [-0.15, -0.1) is 0 Å². The fraction of sp³-hybridized carbons (Fsp3) is 0.300. The Morgan fingerprint density at radius 2 is 1.85 bits per heavy atom. The van der Waals surface area contributed by atoms with E-state index >= 15 is 0 Å². The number of benzene rings is 1. The van der Waals surface area contributed by atoms with Crippen LogP contribution in [0.5, 0.6) is 0 Å². The van der Waals surface area contributed by atoms with Crippen LogP contribution in [0.15, 0.2) is 30.3 Å². The number of carbonyl (C=O) groups is 1. The lowest BCUT2D eigenvalue weighted by Crippen LogP contribution is -2.11. The Hall–Kier alpha value is -1.51. The van der Waals surface area contributed by atoms with Crippen LogP contribution in [-0.4, -0.2) is 17.6 Å². The van der Waals surface area contributed by atoms with Crippen LogP contribution in [0.1, 0.15) is 13.8 Å². The summed E-state index contributed by atoms with van der Waals surface area (Å²) in [6.07, 6.45) is 0. The zero-order chi connectivity index (χ0) is 10.1. The van der Waals surface area contributed by atoms with Crippen molar-refractivity contribution >= 4 is 11.7 Å². The van der Waals surface area contributed by atoms with Gasteiger partial charge in [-0.1, -0.05) is 32.0 Å². The Morgan fingerprint density at radius 1 is 1.31 bits per heavy atom. The van der Waals surface area contributed by atoms with E-state index in [1.807, 2.05) is 44.2 Å². The van der Waals surface area contributed by atoms with E-state index in [0.717, 1.165) is 5.69 Å². The van der Waals surface area contributed by atoms with Crippen molar-refractivity contribution in [3.8, 4) is 0 Å². The lowest BCUT2D eigenvalue weighted by atomic mass is 10.3. The normalized spacial score (nSPS) is 8.15. The number of nitrogens with one attached hydrogen (secondary N) is 1. The molecule has 0 saturated heterocycles. The third-order valence-electron chi connectivity index (χ3n) is 1.22. The molecule has 0 atom stereocenters. The van der Waals surface area contributed by atoms with Gasteiger partial charge in [-0.2, -0.15) is 0 Å². The number of anilines is 1. The Labute approximate surface area is 78.4 Å². The summed E-state index contributed by atoms with van der Waals surface area (Å²) in [6.45, 7) is 3.96. The molecular weight excluding hydrogens is 166 g/mol. The summed E-state index contributed by atoms with van der Waals surface area (Å²) >= 11 is 0. The molecule has 0 saturated carbocycles. The summed E-state index contributed by atoms with van der Waals surface area (Å²) in [7, 11) is 0. The van der Waals surface area contributed by atoms with Crippen molar-refractivity contribution in [1.29, 1.82) is 0 Å². The molecule has 0 aromatic heterocycles. The number of aliphatic carboxylic acids is 1. The number of hydrogen-bond acceptors (Lipinski definition) is 2. The van der Waals surface area contributed by atoms with Gasteiger partial charge in [0.2, 0.25) is 0 Å². The maximum absolute atomic E-state index is 10.1. The van der Waals surface area contributed by atoms with E-state index in [9.17, 15) is 4.79 Å². The summed E-state index contributed by atoms with van der Waals surface area (Å²) in [5.74, 6) is -0.853. The summed E-state index contributed by atoms with van der Waals surface area (Å²) in [6, 6.07) is 9.23. The molecule has 13 heavy (non-hydrogen) atoms. The molecule has 0 bridgehead atoms. The smallest absolute Gasteiger partial charge is 0.322 e. The van der Waals surface area contributed by atoms with Crippen LogP contribution in [0, 0.1) is 0 Å². The number of rotatable bonds is 3. The number of hydrogen-bond donors (Lipinski definition) is 2.